The first-order valence-corrected chi connectivity index (χ1v) is 7.14. The molecule has 1 saturated heterocycles. The molecule has 22 heavy (non-hydrogen) atoms. The Hall–Kier alpha value is -0.660. The van der Waals surface area contributed by atoms with E-state index >= 15 is 0 Å². The lowest BCUT2D eigenvalue weighted by atomic mass is 9.97. The molecule has 2 rings (SSSR count). The molecule has 0 unspecified atom stereocenters. The third-order valence-electron chi connectivity index (χ3n) is 3.61. The predicted molar refractivity (Wildman–Crippen MR) is 84.5 cm³/mol. The SMILES string of the molecule is COc1ccc(Cl)cc1[C@@H](N1CCNCC1)C(F)(F)CO.Cl. The van der Waals surface area contributed by atoms with E-state index < -0.39 is 18.6 Å². The number of halogens is 4. The Labute approximate surface area is 139 Å². The van der Waals surface area contributed by atoms with Crippen LogP contribution in [0.25, 0.3) is 0 Å². The zero-order valence-corrected chi connectivity index (χ0v) is 13.8. The fourth-order valence-electron chi connectivity index (χ4n) is 2.64. The van der Waals surface area contributed by atoms with Gasteiger partial charge < -0.3 is 15.2 Å². The molecule has 2 N–H and O–H groups in total. The number of rotatable bonds is 5. The van der Waals surface area contributed by atoms with Crippen LogP contribution in [0.2, 0.25) is 5.02 Å². The Bertz CT molecular complexity index is 486. The van der Waals surface area contributed by atoms with Crippen LogP contribution in [0.3, 0.4) is 0 Å². The average molecular weight is 357 g/mol. The van der Waals surface area contributed by atoms with Crippen molar-refractivity contribution in [2.75, 3.05) is 39.9 Å². The van der Waals surface area contributed by atoms with E-state index in [-0.39, 0.29) is 12.4 Å². The van der Waals surface area contributed by atoms with Gasteiger partial charge in [0.15, 0.2) is 0 Å². The Morgan fingerprint density at radius 2 is 2.05 bits per heavy atom. The molecule has 1 atom stereocenters. The van der Waals surface area contributed by atoms with Gasteiger partial charge in [-0.2, -0.15) is 0 Å². The Morgan fingerprint density at radius 3 is 2.59 bits per heavy atom. The van der Waals surface area contributed by atoms with E-state index in [1.165, 1.54) is 13.2 Å². The molecule has 0 aliphatic carbocycles. The highest BCUT2D eigenvalue weighted by molar-refractivity contribution is 6.30. The quantitative estimate of drug-likeness (QED) is 0.849. The maximum atomic E-state index is 14.3. The van der Waals surface area contributed by atoms with Crippen LogP contribution in [0.4, 0.5) is 8.78 Å². The van der Waals surface area contributed by atoms with Gasteiger partial charge in [0, 0.05) is 36.8 Å². The smallest absolute Gasteiger partial charge is 0.290 e. The average Bonchev–Trinajstić information content (AvgIpc) is 2.48. The summed E-state index contributed by atoms with van der Waals surface area (Å²) in [6, 6.07) is 3.38. The first-order chi connectivity index (χ1) is 9.99. The van der Waals surface area contributed by atoms with Crippen molar-refractivity contribution < 1.29 is 18.6 Å². The van der Waals surface area contributed by atoms with Crippen LogP contribution in [0, 0.1) is 0 Å². The van der Waals surface area contributed by atoms with Gasteiger partial charge in [0.2, 0.25) is 0 Å². The molecule has 1 fully saturated rings. The number of aliphatic hydroxyl groups is 1. The molecule has 1 heterocycles. The highest BCUT2D eigenvalue weighted by atomic mass is 35.5. The second-order valence-electron chi connectivity index (χ2n) is 4.99. The van der Waals surface area contributed by atoms with Crippen LogP contribution in [-0.2, 0) is 0 Å². The second kappa shape index (κ2) is 8.26. The zero-order chi connectivity index (χ0) is 15.5. The molecule has 8 heteroatoms. The van der Waals surface area contributed by atoms with Gasteiger partial charge in [0.25, 0.3) is 5.92 Å². The summed E-state index contributed by atoms with van der Waals surface area (Å²) in [5.74, 6) is -2.94. The van der Waals surface area contributed by atoms with E-state index in [4.69, 9.17) is 21.4 Å². The van der Waals surface area contributed by atoms with Crippen molar-refractivity contribution in [2.45, 2.75) is 12.0 Å². The Morgan fingerprint density at radius 1 is 1.41 bits per heavy atom. The number of alkyl halides is 2. The van der Waals surface area contributed by atoms with E-state index in [0.717, 1.165) is 0 Å². The van der Waals surface area contributed by atoms with Crippen molar-refractivity contribution in [3.05, 3.63) is 28.8 Å². The van der Waals surface area contributed by atoms with Crippen LogP contribution in [0.15, 0.2) is 18.2 Å². The van der Waals surface area contributed by atoms with Gasteiger partial charge in [-0.15, -0.1) is 12.4 Å². The number of methoxy groups -OCH3 is 1. The molecule has 126 valence electrons. The van der Waals surface area contributed by atoms with Crippen LogP contribution in [0.1, 0.15) is 11.6 Å². The number of aliphatic hydroxyl groups excluding tert-OH is 1. The summed E-state index contributed by atoms with van der Waals surface area (Å²) < 4.78 is 33.8. The van der Waals surface area contributed by atoms with Crippen molar-refractivity contribution in [2.24, 2.45) is 0 Å². The topological polar surface area (TPSA) is 44.7 Å². The summed E-state index contributed by atoms with van der Waals surface area (Å²) in [6.45, 7) is 0.963. The normalized spacial score (nSPS) is 17.7. The number of nitrogens with one attached hydrogen (secondary N) is 1. The fraction of sp³-hybridized carbons (Fsp3) is 0.571. The van der Waals surface area contributed by atoms with Gasteiger partial charge in [0.1, 0.15) is 18.4 Å². The molecule has 1 aromatic rings. The monoisotopic (exact) mass is 356 g/mol. The van der Waals surface area contributed by atoms with Gasteiger partial charge in [0.05, 0.1) is 7.11 Å². The molecule has 0 radical (unpaired) electrons. The molecule has 4 nitrogen and oxygen atoms in total. The van der Waals surface area contributed by atoms with Crippen LogP contribution in [0.5, 0.6) is 5.75 Å². The molecule has 0 saturated carbocycles. The van der Waals surface area contributed by atoms with Crippen molar-refractivity contribution in [3.63, 3.8) is 0 Å². The van der Waals surface area contributed by atoms with Gasteiger partial charge in [-0.3, -0.25) is 4.90 Å². The lowest BCUT2D eigenvalue weighted by Gasteiger charge is -2.39. The molecule has 1 aliphatic heterocycles. The minimum atomic E-state index is -3.28. The fourth-order valence-corrected chi connectivity index (χ4v) is 2.82. The van der Waals surface area contributed by atoms with Gasteiger partial charge in [-0.1, -0.05) is 11.6 Å². The number of benzene rings is 1. The number of hydrogen-bond acceptors (Lipinski definition) is 4. The minimum Gasteiger partial charge on any atom is -0.496 e. The molecule has 0 spiro atoms. The van der Waals surface area contributed by atoms with E-state index in [9.17, 15) is 8.78 Å². The summed E-state index contributed by atoms with van der Waals surface area (Å²) in [6.07, 6.45) is 0. The summed E-state index contributed by atoms with van der Waals surface area (Å²) >= 11 is 5.96. The van der Waals surface area contributed by atoms with Gasteiger partial charge in [-0.25, -0.2) is 8.78 Å². The largest absolute Gasteiger partial charge is 0.496 e. The highest BCUT2D eigenvalue weighted by Gasteiger charge is 2.45. The van der Waals surface area contributed by atoms with E-state index in [1.54, 1.807) is 17.0 Å². The molecular weight excluding hydrogens is 337 g/mol. The third-order valence-corrected chi connectivity index (χ3v) is 3.85. The third kappa shape index (κ3) is 4.20. The van der Waals surface area contributed by atoms with Crippen molar-refractivity contribution in [1.29, 1.82) is 0 Å². The van der Waals surface area contributed by atoms with E-state index in [1.807, 2.05) is 0 Å². The molecule has 0 bridgehead atoms. The molecule has 1 aromatic carbocycles. The predicted octanol–water partition coefficient (Wildman–Crippen LogP) is 2.34. The van der Waals surface area contributed by atoms with Gasteiger partial charge in [-0.05, 0) is 18.2 Å². The van der Waals surface area contributed by atoms with Crippen LogP contribution in [-0.4, -0.2) is 55.8 Å². The van der Waals surface area contributed by atoms with Gasteiger partial charge >= 0.3 is 0 Å². The number of ether oxygens (including phenoxy) is 1. The Balaban J connectivity index is 0.00000242. The summed E-state index contributed by atoms with van der Waals surface area (Å²) in [7, 11) is 1.43. The molecule has 0 amide bonds. The molecule has 0 aromatic heterocycles. The summed E-state index contributed by atoms with van der Waals surface area (Å²) in [5, 5.41) is 12.6. The summed E-state index contributed by atoms with van der Waals surface area (Å²) in [4.78, 5) is 1.65. The number of hydrogen-bond donors (Lipinski definition) is 2. The lowest BCUT2D eigenvalue weighted by molar-refractivity contribution is -0.119. The van der Waals surface area contributed by atoms with Crippen molar-refractivity contribution >= 4 is 24.0 Å². The first-order valence-electron chi connectivity index (χ1n) is 6.76. The number of piperazine rings is 1. The minimum absolute atomic E-state index is 0. The Kier molecular flexibility index (Phi) is 7.28. The van der Waals surface area contributed by atoms with Crippen molar-refractivity contribution in [1.82, 2.24) is 10.2 Å². The first kappa shape index (κ1) is 19.4. The lowest BCUT2D eigenvalue weighted by Crippen LogP contribution is -2.51. The van der Waals surface area contributed by atoms with E-state index in [2.05, 4.69) is 5.32 Å². The molecule has 1 aliphatic rings. The maximum absolute atomic E-state index is 14.3. The zero-order valence-electron chi connectivity index (χ0n) is 12.2. The van der Waals surface area contributed by atoms with Crippen molar-refractivity contribution in [3.8, 4) is 5.75 Å². The van der Waals surface area contributed by atoms with Crippen LogP contribution < -0.4 is 10.1 Å². The standard InChI is InChI=1S/C14H19ClF2N2O2.ClH/c1-21-12-3-2-10(15)8-11(12)13(14(16,17)9-20)19-6-4-18-5-7-19;/h2-3,8,13,18,20H,4-7,9H2,1H3;1H/t13-;/m1./s1. The van der Waals surface area contributed by atoms with E-state index in [0.29, 0.717) is 42.5 Å². The molecular formula is C14H20Cl2F2N2O2. The maximum Gasteiger partial charge on any atom is 0.290 e. The van der Waals surface area contributed by atoms with Crippen LogP contribution >= 0.6 is 24.0 Å². The number of nitrogens with zero attached hydrogens (tertiary/aromatic N) is 1. The summed E-state index contributed by atoms with van der Waals surface area (Å²) in [5.41, 5.74) is 0.297. The highest BCUT2D eigenvalue weighted by Crippen LogP contribution is 2.41. The second-order valence-corrected chi connectivity index (χ2v) is 5.43.